The van der Waals surface area contributed by atoms with Crippen molar-refractivity contribution in [1.29, 1.82) is 0 Å². The quantitative estimate of drug-likeness (QED) is 0.134. The van der Waals surface area contributed by atoms with Crippen LogP contribution in [0, 0.1) is 28.1 Å². The molecule has 6 aliphatic rings. The zero-order valence-corrected chi connectivity index (χ0v) is 26.0. The van der Waals surface area contributed by atoms with E-state index < -0.39 is 91.6 Å². The van der Waals surface area contributed by atoms with Crippen LogP contribution in [0.1, 0.15) is 71.6 Å². The lowest BCUT2D eigenvalue weighted by Crippen LogP contribution is -2.65. The van der Waals surface area contributed by atoms with Gasteiger partial charge < -0.3 is 59.8 Å². The number of carboxylic acids is 1. The first kappa shape index (κ1) is 33.7. The summed E-state index contributed by atoms with van der Waals surface area (Å²) in [5.74, 6) is -0.392. The van der Waals surface area contributed by atoms with Gasteiger partial charge in [0.15, 0.2) is 12.6 Å². The molecular weight excluding hydrogens is 592 g/mol. The zero-order valence-electron chi connectivity index (χ0n) is 26.0. The highest BCUT2D eigenvalue weighted by Crippen LogP contribution is 2.73. The highest BCUT2D eigenvalue weighted by Gasteiger charge is 2.69. The van der Waals surface area contributed by atoms with Crippen molar-refractivity contribution in [2.45, 2.75) is 139 Å². The molecule has 0 aromatic heterocycles. The Hall–Kier alpha value is -1.23. The smallest absolute Gasteiger partial charge is 0.309 e. The van der Waals surface area contributed by atoms with Crippen LogP contribution < -0.4 is 0 Å². The molecular formula is C32H50O13. The third-order valence-electron chi connectivity index (χ3n) is 12.9. The molecule has 4 aliphatic carbocycles. The predicted molar refractivity (Wildman–Crippen MR) is 154 cm³/mol. The fourth-order valence-corrected chi connectivity index (χ4v) is 10.6. The number of carboxylic acid groups (broad SMARTS) is 1. The van der Waals surface area contributed by atoms with Gasteiger partial charge in [0.1, 0.15) is 48.8 Å². The summed E-state index contributed by atoms with van der Waals surface area (Å²) >= 11 is 0. The molecule has 256 valence electrons. The molecule has 2 bridgehead atoms. The van der Waals surface area contributed by atoms with E-state index in [1.165, 1.54) is 0 Å². The van der Waals surface area contributed by atoms with Gasteiger partial charge in [-0.1, -0.05) is 19.9 Å². The van der Waals surface area contributed by atoms with Crippen LogP contribution in [0.25, 0.3) is 0 Å². The molecule has 2 aliphatic heterocycles. The van der Waals surface area contributed by atoms with E-state index in [1.807, 2.05) is 6.92 Å². The number of fused-ring (bicyclic) bond motifs is 3. The van der Waals surface area contributed by atoms with E-state index in [4.69, 9.17) is 18.9 Å². The Morgan fingerprint density at radius 2 is 1.47 bits per heavy atom. The third kappa shape index (κ3) is 5.04. The molecule has 0 aromatic rings. The van der Waals surface area contributed by atoms with Crippen molar-refractivity contribution in [1.82, 2.24) is 0 Å². The minimum Gasteiger partial charge on any atom is -0.481 e. The molecule has 2 saturated heterocycles. The normalized spacial score (nSPS) is 54.7. The highest BCUT2D eigenvalue weighted by atomic mass is 16.8. The molecule has 45 heavy (non-hydrogen) atoms. The monoisotopic (exact) mass is 642 g/mol. The molecule has 6 fully saturated rings. The van der Waals surface area contributed by atoms with Gasteiger partial charge in [0.05, 0.1) is 24.2 Å². The molecule has 4 saturated carbocycles. The van der Waals surface area contributed by atoms with Gasteiger partial charge in [-0.15, -0.1) is 0 Å². The maximum atomic E-state index is 12.5. The van der Waals surface area contributed by atoms with Gasteiger partial charge in [-0.3, -0.25) is 4.79 Å². The topological polar surface area (TPSA) is 216 Å². The van der Waals surface area contributed by atoms with Crippen molar-refractivity contribution in [3.05, 3.63) is 12.2 Å². The number of aliphatic carboxylic acids is 1. The van der Waals surface area contributed by atoms with Gasteiger partial charge in [-0.05, 0) is 86.5 Å². The Bertz CT molecular complexity index is 1150. The summed E-state index contributed by atoms with van der Waals surface area (Å²) in [5.41, 5.74) is -1.10. The first-order valence-corrected chi connectivity index (χ1v) is 16.3. The maximum absolute atomic E-state index is 12.5. The van der Waals surface area contributed by atoms with E-state index in [-0.39, 0.29) is 22.7 Å². The summed E-state index contributed by atoms with van der Waals surface area (Å²) < 4.78 is 24.1. The average molecular weight is 643 g/mol. The SMILES string of the molecule is C=C1CC23CC[C@H]4[C@@](C)(CCC[C@@]4(C)C(=O)O)[C@@H]2CC[C@]1(O[C@@H]1O[C@H](CO)[C@@H](O)[C@H](O)[C@H]1O[C@@H]1O[C@H](CO)[C@@H](O)[C@H](O)[C@H]1O)C3. The molecule has 0 amide bonds. The van der Waals surface area contributed by atoms with Gasteiger partial charge >= 0.3 is 5.97 Å². The van der Waals surface area contributed by atoms with Crippen LogP contribution in [-0.2, 0) is 23.7 Å². The number of ether oxygens (including phenoxy) is 4. The van der Waals surface area contributed by atoms with E-state index >= 15 is 0 Å². The van der Waals surface area contributed by atoms with E-state index in [2.05, 4.69) is 13.5 Å². The number of hydrogen-bond donors (Lipinski definition) is 8. The number of aliphatic hydroxyl groups excluding tert-OH is 7. The van der Waals surface area contributed by atoms with Gasteiger partial charge in [-0.2, -0.15) is 0 Å². The summed E-state index contributed by atoms with van der Waals surface area (Å²) in [5, 5.41) is 82.8. The largest absolute Gasteiger partial charge is 0.481 e. The molecule has 16 atom stereocenters. The van der Waals surface area contributed by atoms with E-state index in [0.29, 0.717) is 25.7 Å². The summed E-state index contributed by atoms with van der Waals surface area (Å²) in [6.07, 6.45) is -8.44. The Morgan fingerprint density at radius 1 is 0.844 bits per heavy atom. The van der Waals surface area contributed by atoms with Gasteiger partial charge in [0.2, 0.25) is 0 Å². The van der Waals surface area contributed by atoms with E-state index in [0.717, 1.165) is 37.7 Å². The average Bonchev–Trinajstić information content (AvgIpc) is 3.19. The number of carbonyl (C=O) groups is 1. The summed E-state index contributed by atoms with van der Waals surface area (Å²) in [4.78, 5) is 12.5. The van der Waals surface area contributed by atoms with Crippen molar-refractivity contribution in [3.8, 4) is 0 Å². The molecule has 13 heteroatoms. The lowest BCUT2D eigenvalue weighted by atomic mass is 9.41. The Kier molecular flexibility index (Phi) is 8.77. The van der Waals surface area contributed by atoms with E-state index in [1.54, 1.807) is 0 Å². The molecule has 1 unspecified atom stereocenters. The zero-order chi connectivity index (χ0) is 32.7. The third-order valence-corrected chi connectivity index (χ3v) is 12.9. The minimum absolute atomic E-state index is 0.0640. The summed E-state index contributed by atoms with van der Waals surface area (Å²) in [6, 6.07) is 0. The Balaban J connectivity index is 1.26. The van der Waals surface area contributed by atoms with Crippen LogP contribution in [0.4, 0.5) is 0 Å². The first-order chi connectivity index (χ1) is 21.2. The van der Waals surface area contributed by atoms with Crippen LogP contribution in [0.2, 0.25) is 0 Å². The van der Waals surface area contributed by atoms with Gasteiger partial charge in [0, 0.05) is 0 Å². The number of rotatable bonds is 7. The Morgan fingerprint density at radius 3 is 2.11 bits per heavy atom. The highest BCUT2D eigenvalue weighted by molar-refractivity contribution is 5.75. The molecule has 8 N–H and O–H groups in total. The fourth-order valence-electron chi connectivity index (χ4n) is 10.6. The second-order valence-electron chi connectivity index (χ2n) is 15.2. The van der Waals surface area contributed by atoms with Gasteiger partial charge in [0.25, 0.3) is 0 Å². The van der Waals surface area contributed by atoms with Gasteiger partial charge in [-0.25, -0.2) is 0 Å². The predicted octanol–water partition coefficient (Wildman–Crippen LogP) is -0.197. The second kappa shape index (κ2) is 11.7. The van der Waals surface area contributed by atoms with Crippen molar-refractivity contribution in [2.24, 2.45) is 28.1 Å². The maximum Gasteiger partial charge on any atom is 0.309 e. The van der Waals surface area contributed by atoms with E-state index in [9.17, 15) is 45.6 Å². The van der Waals surface area contributed by atoms with Crippen LogP contribution >= 0.6 is 0 Å². The molecule has 2 heterocycles. The van der Waals surface area contributed by atoms with Crippen molar-refractivity contribution >= 4 is 5.97 Å². The number of aliphatic hydroxyl groups is 7. The molecule has 6 rings (SSSR count). The van der Waals surface area contributed by atoms with Crippen LogP contribution in [0.5, 0.6) is 0 Å². The van der Waals surface area contributed by atoms with Crippen LogP contribution in [0.15, 0.2) is 12.2 Å². The summed E-state index contributed by atoms with van der Waals surface area (Å²) in [7, 11) is 0. The molecule has 0 radical (unpaired) electrons. The first-order valence-electron chi connectivity index (χ1n) is 16.3. The standard InChI is InChI=1S/C32H50O13/c1-15-11-31-9-5-18-29(2,7-4-8-30(18,3)28(40)41)19(31)6-10-32(15,14-31)45-27-25(23(38)21(36)17(13-34)43-27)44-26-24(39)22(37)20(35)16(12-33)42-26/h16-27,33-39H,1,4-14H2,2-3H3,(H,40,41)/t16-,17-,18+,19+,20-,21-,22+,23+,24-,25-,26+,27+,29-,30-,31?,32+/m1/s1. The van der Waals surface area contributed by atoms with Crippen LogP contribution in [-0.4, -0.2) is 127 Å². The second-order valence-corrected chi connectivity index (χ2v) is 15.2. The van der Waals surface area contributed by atoms with Crippen molar-refractivity contribution in [2.75, 3.05) is 13.2 Å². The lowest BCUT2D eigenvalue weighted by molar-refractivity contribution is -0.378. The summed E-state index contributed by atoms with van der Waals surface area (Å²) in [6.45, 7) is 7.33. The van der Waals surface area contributed by atoms with Crippen molar-refractivity contribution < 1.29 is 64.6 Å². The molecule has 0 aromatic carbocycles. The van der Waals surface area contributed by atoms with Crippen LogP contribution in [0.3, 0.4) is 0 Å². The van der Waals surface area contributed by atoms with Crippen molar-refractivity contribution in [3.63, 3.8) is 0 Å². The molecule has 1 spiro atoms. The Labute approximate surface area is 262 Å². The number of hydrogen-bond acceptors (Lipinski definition) is 12. The fraction of sp³-hybridized carbons (Fsp3) is 0.906. The lowest BCUT2D eigenvalue weighted by Gasteiger charge is -2.64. The minimum atomic E-state index is -1.76. The molecule has 13 nitrogen and oxygen atoms in total.